The smallest absolute Gasteiger partial charge is 0.243 e. The summed E-state index contributed by atoms with van der Waals surface area (Å²) in [7, 11) is -3.60. The highest BCUT2D eigenvalue weighted by molar-refractivity contribution is 9.10. The van der Waals surface area contributed by atoms with E-state index < -0.39 is 15.8 Å². The van der Waals surface area contributed by atoms with Crippen molar-refractivity contribution in [2.24, 2.45) is 0 Å². The highest BCUT2D eigenvalue weighted by atomic mass is 79.9. The molecule has 0 N–H and O–H groups in total. The Kier molecular flexibility index (Phi) is 6.21. The van der Waals surface area contributed by atoms with Crippen molar-refractivity contribution in [2.75, 3.05) is 26.3 Å². The summed E-state index contributed by atoms with van der Waals surface area (Å²) in [5.41, 5.74) is 0.604. The molecule has 2 aromatic rings. The van der Waals surface area contributed by atoms with Crippen molar-refractivity contribution >= 4 is 37.8 Å². The Morgan fingerprint density at radius 3 is 2.44 bits per heavy atom. The number of hydrogen-bond acceptors (Lipinski definition) is 4. The molecule has 0 aliphatic carbocycles. The Morgan fingerprint density at radius 1 is 1.11 bits per heavy atom. The third kappa shape index (κ3) is 4.70. The molecular formula is C19H17BrFNO4S. The summed E-state index contributed by atoms with van der Waals surface area (Å²) in [6, 6.07) is 10.2. The van der Waals surface area contributed by atoms with Crippen LogP contribution in [0.2, 0.25) is 0 Å². The van der Waals surface area contributed by atoms with Gasteiger partial charge in [0.25, 0.3) is 0 Å². The van der Waals surface area contributed by atoms with Gasteiger partial charge in [-0.15, -0.1) is 0 Å². The van der Waals surface area contributed by atoms with Gasteiger partial charge >= 0.3 is 0 Å². The number of ketones is 1. The normalized spacial score (nSPS) is 15.9. The highest BCUT2D eigenvalue weighted by Gasteiger charge is 2.26. The molecule has 1 fully saturated rings. The summed E-state index contributed by atoms with van der Waals surface area (Å²) in [6.07, 6.45) is 2.65. The second-order valence-corrected chi connectivity index (χ2v) is 8.76. The average Bonchev–Trinajstić information content (AvgIpc) is 2.69. The van der Waals surface area contributed by atoms with Crippen molar-refractivity contribution in [3.05, 3.63) is 70.0 Å². The minimum Gasteiger partial charge on any atom is -0.379 e. The van der Waals surface area contributed by atoms with E-state index in [0.717, 1.165) is 0 Å². The Hall–Kier alpha value is -1.87. The van der Waals surface area contributed by atoms with Gasteiger partial charge in [0.2, 0.25) is 10.0 Å². The molecule has 0 radical (unpaired) electrons. The van der Waals surface area contributed by atoms with E-state index in [1.165, 1.54) is 46.8 Å². The first-order chi connectivity index (χ1) is 12.9. The number of carbonyl (C=O) groups excluding carboxylic acids is 1. The van der Waals surface area contributed by atoms with Gasteiger partial charge in [0, 0.05) is 28.7 Å². The minimum atomic E-state index is -3.60. The quantitative estimate of drug-likeness (QED) is 0.513. The van der Waals surface area contributed by atoms with Crippen LogP contribution < -0.4 is 0 Å². The monoisotopic (exact) mass is 453 g/mol. The maximum Gasteiger partial charge on any atom is 0.243 e. The zero-order valence-electron chi connectivity index (χ0n) is 14.3. The zero-order chi connectivity index (χ0) is 19.4. The lowest BCUT2D eigenvalue weighted by Gasteiger charge is -2.26. The average molecular weight is 454 g/mol. The topological polar surface area (TPSA) is 63.7 Å². The Labute approximate surface area is 165 Å². The molecule has 5 nitrogen and oxygen atoms in total. The van der Waals surface area contributed by atoms with Crippen LogP contribution in [0.3, 0.4) is 0 Å². The molecule has 27 heavy (non-hydrogen) atoms. The minimum absolute atomic E-state index is 0.128. The van der Waals surface area contributed by atoms with Crippen molar-refractivity contribution in [3.63, 3.8) is 0 Å². The highest BCUT2D eigenvalue weighted by Crippen LogP contribution is 2.19. The summed E-state index contributed by atoms with van der Waals surface area (Å²) in [4.78, 5) is 12.4. The first kappa shape index (κ1) is 19.9. The lowest BCUT2D eigenvalue weighted by Crippen LogP contribution is -2.40. The fraction of sp³-hybridized carbons (Fsp3) is 0.211. The number of carbonyl (C=O) groups is 1. The summed E-state index contributed by atoms with van der Waals surface area (Å²) in [5, 5.41) is 0. The first-order valence-electron chi connectivity index (χ1n) is 8.23. The molecule has 0 amide bonds. The zero-order valence-corrected chi connectivity index (χ0v) is 16.7. The second kappa shape index (κ2) is 8.43. The fourth-order valence-corrected chi connectivity index (χ4v) is 4.42. The van der Waals surface area contributed by atoms with Gasteiger partial charge in [0.1, 0.15) is 5.82 Å². The van der Waals surface area contributed by atoms with Crippen LogP contribution in [-0.4, -0.2) is 44.8 Å². The molecule has 3 rings (SSSR count). The standard InChI is InChI=1S/C19H17BrFNO4S/c20-16-4-7-18(21)15(13-16)3-8-19(23)14-1-5-17(6-2-14)27(24,25)22-9-11-26-12-10-22/h1-8,13H,9-12H2/b8-3+. The van der Waals surface area contributed by atoms with Crippen LogP contribution >= 0.6 is 15.9 Å². The van der Waals surface area contributed by atoms with Crippen LogP contribution in [0, 0.1) is 5.82 Å². The maximum absolute atomic E-state index is 13.7. The summed E-state index contributed by atoms with van der Waals surface area (Å²) in [6.45, 7) is 1.35. The van der Waals surface area contributed by atoms with E-state index in [1.54, 1.807) is 12.1 Å². The van der Waals surface area contributed by atoms with Crippen molar-refractivity contribution in [3.8, 4) is 0 Å². The molecule has 0 unspecified atom stereocenters. The third-order valence-corrected chi connectivity index (χ3v) is 6.53. The van der Waals surface area contributed by atoms with Crippen molar-refractivity contribution in [1.29, 1.82) is 0 Å². The van der Waals surface area contributed by atoms with Crippen LogP contribution in [0.1, 0.15) is 15.9 Å². The molecule has 0 atom stereocenters. The number of morpholine rings is 1. The number of benzene rings is 2. The largest absolute Gasteiger partial charge is 0.379 e. The summed E-state index contributed by atoms with van der Waals surface area (Å²) < 4.78 is 46.1. The van der Waals surface area contributed by atoms with Gasteiger partial charge in [-0.2, -0.15) is 4.31 Å². The molecule has 0 spiro atoms. The van der Waals surface area contributed by atoms with Gasteiger partial charge in [-0.1, -0.05) is 15.9 Å². The number of rotatable bonds is 5. The second-order valence-electron chi connectivity index (χ2n) is 5.90. The van der Waals surface area contributed by atoms with E-state index in [9.17, 15) is 17.6 Å². The van der Waals surface area contributed by atoms with Gasteiger partial charge < -0.3 is 4.74 Å². The van der Waals surface area contributed by atoms with Crippen molar-refractivity contribution < 1.29 is 22.3 Å². The SMILES string of the molecule is O=C(/C=C/c1cc(Br)ccc1F)c1ccc(S(=O)(=O)N2CCOCC2)cc1. The molecule has 1 aliphatic rings. The van der Waals surface area contributed by atoms with Crippen molar-refractivity contribution in [2.45, 2.75) is 4.90 Å². The lowest BCUT2D eigenvalue weighted by atomic mass is 10.1. The number of allylic oxidation sites excluding steroid dienone is 1. The van der Waals surface area contributed by atoms with E-state index in [2.05, 4.69) is 15.9 Å². The molecule has 0 bridgehead atoms. The third-order valence-electron chi connectivity index (χ3n) is 4.12. The molecule has 1 aliphatic heterocycles. The lowest BCUT2D eigenvalue weighted by molar-refractivity contribution is 0.0730. The van der Waals surface area contributed by atoms with Gasteiger partial charge in [-0.25, -0.2) is 12.8 Å². The first-order valence-corrected chi connectivity index (χ1v) is 10.5. The number of halogens is 2. The number of hydrogen-bond donors (Lipinski definition) is 0. The molecule has 1 saturated heterocycles. The molecular weight excluding hydrogens is 437 g/mol. The van der Waals surface area contributed by atoms with Gasteiger partial charge in [0.15, 0.2) is 5.78 Å². The maximum atomic E-state index is 13.7. The molecule has 8 heteroatoms. The van der Waals surface area contributed by atoms with Gasteiger partial charge in [-0.05, 0) is 54.6 Å². The molecule has 0 aromatic heterocycles. The predicted octanol–water partition coefficient (Wildman–Crippen LogP) is 3.51. The Morgan fingerprint density at radius 2 is 1.78 bits per heavy atom. The molecule has 142 valence electrons. The van der Waals surface area contributed by atoms with Crippen LogP contribution in [0.5, 0.6) is 0 Å². The Balaban J connectivity index is 1.75. The summed E-state index contributed by atoms with van der Waals surface area (Å²) >= 11 is 3.25. The Bertz CT molecular complexity index is 968. The number of sulfonamides is 1. The number of nitrogens with zero attached hydrogens (tertiary/aromatic N) is 1. The van der Waals surface area contributed by atoms with Crippen LogP contribution in [-0.2, 0) is 14.8 Å². The number of ether oxygens (including phenoxy) is 1. The van der Waals surface area contributed by atoms with E-state index in [4.69, 9.17) is 4.74 Å². The van der Waals surface area contributed by atoms with E-state index >= 15 is 0 Å². The van der Waals surface area contributed by atoms with Gasteiger partial charge in [0.05, 0.1) is 18.1 Å². The molecule has 1 heterocycles. The van der Waals surface area contributed by atoms with Crippen LogP contribution in [0.4, 0.5) is 4.39 Å². The van der Waals surface area contributed by atoms with E-state index in [1.807, 2.05) is 0 Å². The van der Waals surface area contributed by atoms with E-state index in [-0.39, 0.29) is 16.2 Å². The summed E-state index contributed by atoms with van der Waals surface area (Å²) in [5.74, 6) is -0.779. The van der Waals surface area contributed by atoms with Crippen LogP contribution in [0.25, 0.3) is 6.08 Å². The predicted molar refractivity (Wildman–Crippen MR) is 103 cm³/mol. The van der Waals surface area contributed by atoms with Crippen molar-refractivity contribution in [1.82, 2.24) is 4.31 Å². The van der Waals surface area contributed by atoms with E-state index in [0.29, 0.717) is 36.3 Å². The fourth-order valence-electron chi connectivity index (χ4n) is 2.63. The van der Waals surface area contributed by atoms with Gasteiger partial charge in [-0.3, -0.25) is 4.79 Å². The molecule has 0 saturated carbocycles. The van der Waals surface area contributed by atoms with Crippen LogP contribution in [0.15, 0.2) is 57.9 Å². The molecule has 2 aromatic carbocycles.